The summed E-state index contributed by atoms with van der Waals surface area (Å²) in [5.41, 5.74) is 4.63. The predicted octanol–water partition coefficient (Wildman–Crippen LogP) is 2.88. The van der Waals surface area contributed by atoms with E-state index in [4.69, 9.17) is 0 Å². The van der Waals surface area contributed by atoms with Gasteiger partial charge in [0.2, 0.25) is 0 Å². The fourth-order valence-electron chi connectivity index (χ4n) is 2.52. The number of nitrogens with zero attached hydrogens (tertiary/aromatic N) is 1. The first-order chi connectivity index (χ1) is 10.2. The van der Waals surface area contributed by atoms with Crippen LogP contribution < -0.4 is 5.32 Å². The Morgan fingerprint density at radius 1 is 1.10 bits per heavy atom. The van der Waals surface area contributed by atoms with Crippen LogP contribution in [-0.2, 0) is 0 Å². The molecule has 21 heavy (non-hydrogen) atoms. The van der Waals surface area contributed by atoms with E-state index in [1.54, 1.807) is 0 Å². The van der Waals surface area contributed by atoms with Gasteiger partial charge in [-0.2, -0.15) is 0 Å². The summed E-state index contributed by atoms with van der Waals surface area (Å²) in [6.45, 7) is 5.69. The lowest BCUT2D eigenvalue weighted by atomic mass is 9.93. The molecule has 1 N–H and O–H groups in total. The van der Waals surface area contributed by atoms with Gasteiger partial charge < -0.3 is 5.32 Å². The third-order valence-corrected chi connectivity index (χ3v) is 3.84. The molecule has 2 aromatic carbocycles. The zero-order chi connectivity index (χ0) is 14.8. The van der Waals surface area contributed by atoms with Crippen molar-refractivity contribution < 1.29 is 4.79 Å². The number of ketones is 1. The van der Waals surface area contributed by atoms with Crippen LogP contribution in [-0.4, -0.2) is 24.7 Å². The fourth-order valence-corrected chi connectivity index (χ4v) is 2.52. The summed E-state index contributed by atoms with van der Waals surface area (Å²) < 4.78 is 0. The SMILES string of the molecule is Cc1cc(C(=O)c2ccccc2)c(C2=NCCN2)cc1C. The van der Waals surface area contributed by atoms with Crippen LogP contribution in [0.25, 0.3) is 0 Å². The van der Waals surface area contributed by atoms with Crippen molar-refractivity contribution in [3.05, 3.63) is 70.3 Å². The molecule has 1 heterocycles. The molecule has 1 aliphatic rings. The number of aliphatic imine (C=N–C) groups is 1. The number of carbonyl (C=O) groups is 1. The highest BCUT2D eigenvalue weighted by molar-refractivity contribution is 6.16. The number of hydrogen-bond acceptors (Lipinski definition) is 3. The maximum atomic E-state index is 12.8. The first kappa shape index (κ1) is 13.6. The second-order valence-corrected chi connectivity index (χ2v) is 5.33. The van der Waals surface area contributed by atoms with Gasteiger partial charge in [-0.15, -0.1) is 0 Å². The van der Waals surface area contributed by atoms with Gasteiger partial charge in [0.05, 0.1) is 6.54 Å². The van der Waals surface area contributed by atoms with Crippen molar-refractivity contribution in [2.24, 2.45) is 4.99 Å². The van der Waals surface area contributed by atoms with Crippen molar-refractivity contribution in [2.75, 3.05) is 13.1 Å². The summed E-state index contributed by atoms with van der Waals surface area (Å²) >= 11 is 0. The summed E-state index contributed by atoms with van der Waals surface area (Å²) in [6, 6.07) is 13.4. The van der Waals surface area contributed by atoms with E-state index < -0.39 is 0 Å². The number of amidine groups is 1. The van der Waals surface area contributed by atoms with Crippen LogP contribution in [0.5, 0.6) is 0 Å². The van der Waals surface area contributed by atoms with Gasteiger partial charge >= 0.3 is 0 Å². The van der Waals surface area contributed by atoms with Crippen LogP contribution in [0.1, 0.15) is 32.6 Å². The zero-order valence-corrected chi connectivity index (χ0v) is 12.3. The fraction of sp³-hybridized carbons (Fsp3) is 0.222. The van der Waals surface area contributed by atoms with Crippen molar-refractivity contribution in [1.82, 2.24) is 5.32 Å². The van der Waals surface area contributed by atoms with E-state index in [0.29, 0.717) is 5.56 Å². The van der Waals surface area contributed by atoms with E-state index in [9.17, 15) is 4.79 Å². The minimum absolute atomic E-state index is 0.0464. The molecule has 3 rings (SSSR count). The molecule has 3 heteroatoms. The van der Waals surface area contributed by atoms with Crippen molar-refractivity contribution in [1.29, 1.82) is 0 Å². The van der Waals surface area contributed by atoms with Crippen molar-refractivity contribution in [2.45, 2.75) is 13.8 Å². The number of nitrogens with one attached hydrogen (secondary N) is 1. The molecule has 0 unspecified atom stereocenters. The molecule has 3 nitrogen and oxygen atoms in total. The summed E-state index contributed by atoms with van der Waals surface area (Å²) in [4.78, 5) is 17.3. The van der Waals surface area contributed by atoms with Gasteiger partial charge in [0.1, 0.15) is 5.84 Å². The Kier molecular flexibility index (Phi) is 3.57. The van der Waals surface area contributed by atoms with E-state index in [1.807, 2.05) is 43.3 Å². The average Bonchev–Trinajstić information content (AvgIpc) is 3.04. The lowest BCUT2D eigenvalue weighted by Gasteiger charge is -2.13. The van der Waals surface area contributed by atoms with Gasteiger partial charge in [-0.3, -0.25) is 9.79 Å². The van der Waals surface area contributed by atoms with Gasteiger partial charge in [0.15, 0.2) is 5.78 Å². The zero-order valence-electron chi connectivity index (χ0n) is 12.3. The third kappa shape index (κ3) is 2.59. The van der Waals surface area contributed by atoms with E-state index in [2.05, 4.69) is 23.3 Å². The van der Waals surface area contributed by atoms with Gasteiger partial charge in [0.25, 0.3) is 0 Å². The highest BCUT2D eigenvalue weighted by Crippen LogP contribution is 2.21. The Hall–Kier alpha value is -2.42. The van der Waals surface area contributed by atoms with Crippen molar-refractivity contribution >= 4 is 11.6 Å². The Bertz CT molecular complexity index is 717. The van der Waals surface area contributed by atoms with Crippen LogP contribution in [0.15, 0.2) is 47.5 Å². The molecular weight excluding hydrogens is 260 g/mol. The van der Waals surface area contributed by atoms with Gasteiger partial charge in [-0.05, 0) is 37.1 Å². The van der Waals surface area contributed by atoms with Crippen LogP contribution in [0, 0.1) is 13.8 Å². The second kappa shape index (κ2) is 5.52. The van der Waals surface area contributed by atoms with Gasteiger partial charge in [-0.1, -0.05) is 30.3 Å². The molecule has 0 amide bonds. The molecule has 106 valence electrons. The molecule has 0 saturated heterocycles. The highest BCUT2D eigenvalue weighted by Gasteiger charge is 2.19. The normalized spacial score (nSPS) is 13.7. The largest absolute Gasteiger partial charge is 0.368 e. The number of benzene rings is 2. The molecule has 1 aliphatic heterocycles. The summed E-state index contributed by atoms with van der Waals surface area (Å²) in [6.07, 6.45) is 0. The summed E-state index contributed by atoms with van der Waals surface area (Å²) in [5.74, 6) is 0.877. The first-order valence-corrected chi connectivity index (χ1v) is 7.16. The minimum atomic E-state index is 0.0464. The number of rotatable bonds is 3. The molecule has 0 radical (unpaired) electrons. The molecule has 0 aromatic heterocycles. The average molecular weight is 278 g/mol. The highest BCUT2D eigenvalue weighted by atomic mass is 16.1. The quantitative estimate of drug-likeness (QED) is 0.877. The second-order valence-electron chi connectivity index (χ2n) is 5.33. The summed E-state index contributed by atoms with van der Waals surface area (Å²) in [7, 11) is 0. The first-order valence-electron chi connectivity index (χ1n) is 7.16. The summed E-state index contributed by atoms with van der Waals surface area (Å²) in [5, 5.41) is 3.26. The molecule has 0 saturated carbocycles. The molecule has 0 aliphatic carbocycles. The van der Waals surface area contributed by atoms with E-state index >= 15 is 0 Å². The molecule has 0 atom stereocenters. The molecule has 0 bridgehead atoms. The lowest BCUT2D eigenvalue weighted by molar-refractivity contribution is 0.103. The Morgan fingerprint density at radius 2 is 1.81 bits per heavy atom. The molecular formula is C18H18N2O. The van der Waals surface area contributed by atoms with E-state index in [0.717, 1.165) is 35.6 Å². The van der Waals surface area contributed by atoms with Crippen LogP contribution >= 0.6 is 0 Å². The van der Waals surface area contributed by atoms with E-state index in [1.165, 1.54) is 5.56 Å². The topological polar surface area (TPSA) is 41.5 Å². The van der Waals surface area contributed by atoms with Gasteiger partial charge in [-0.25, -0.2) is 0 Å². The Morgan fingerprint density at radius 3 is 2.48 bits per heavy atom. The molecule has 0 fully saturated rings. The smallest absolute Gasteiger partial charge is 0.193 e. The predicted molar refractivity (Wildman–Crippen MR) is 85.2 cm³/mol. The minimum Gasteiger partial charge on any atom is -0.368 e. The standard InChI is InChI=1S/C18H18N2O/c1-12-10-15(17(21)14-6-4-3-5-7-14)16(11-13(12)2)18-19-8-9-20-18/h3-7,10-11H,8-9H2,1-2H3,(H,19,20). The monoisotopic (exact) mass is 278 g/mol. The van der Waals surface area contributed by atoms with Crippen molar-refractivity contribution in [3.63, 3.8) is 0 Å². The maximum Gasteiger partial charge on any atom is 0.193 e. The van der Waals surface area contributed by atoms with Crippen LogP contribution in [0.4, 0.5) is 0 Å². The Balaban J connectivity index is 2.12. The third-order valence-electron chi connectivity index (χ3n) is 3.84. The van der Waals surface area contributed by atoms with Crippen molar-refractivity contribution in [3.8, 4) is 0 Å². The molecule has 0 spiro atoms. The van der Waals surface area contributed by atoms with Crippen LogP contribution in [0.3, 0.4) is 0 Å². The molecule has 2 aromatic rings. The number of carbonyl (C=O) groups excluding carboxylic acids is 1. The lowest BCUT2D eigenvalue weighted by Crippen LogP contribution is -2.22. The number of aryl methyl sites for hydroxylation is 2. The van der Waals surface area contributed by atoms with Gasteiger partial charge in [0, 0.05) is 23.2 Å². The van der Waals surface area contributed by atoms with Crippen LogP contribution in [0.2, 0.25) is 0 Å². The number of hydrogen-bond donors (Lipinski definition) is 1. The van der Waals surface area contributed by atoms with E-state index in [-0.39, 0.29) is 5.78 Å². The maximum absolute atomic E-state index is 12.8. The Labute approximate surface area is 124 Å².